The van der Waals surface area contributed by atoms with E-state index in [4.69, 9.17) is 0 Å². The fourth-order valence-electron chi connectivity index (χ4n) is 1.65. The van der Waals surface area contributed by atoms with Gasteiger partial charge in [0.1, 0.15) is 0 Å². The van der Waals surface area contributed by atoms with Crippen LogP contribution in [0.2, 0.25) is 0 Å². The highest BCUT2D eigenvalue weighted by atomic mass is 32.2. The van der Waals surface area contributed by atoms with Gasteiger partial charge in [0.05, 0.1) is 4.90 Å². The Hall–Kier alpha value is -0.910. The maximum atomic E-state index is 12.3. The van der Waals surface area contributed by atoms with Crippen molar-refractivity contribution in [2.75, 3.05) is 27.2 Å². The molecule has 0 bridgehead atoms. The summed E-state index contributed by atoms with van der Waals surface area (Å²) in [6.45, 7) is 5.24. The van der Waals surface area contributed by atoms with Crippen LogP contribution in [0.4, 0.5) is 0 Å². The van der Waals surface area contributed by atoms with Gasteiger partial charge in [0.15, 0.2) is 0 Å². The van der Waals surface area contributed by atoms with Gasteiger partial charge < -0.3 is 5.32 Å². The summed E-state index contributed by atoms with van der Waals surface area (Å²) in [5.41, 5.74) is 2.10. The van der Waals surface area contributed by atoms with E-state index in [1.54, 1.807) is 19.2 Å². The third-order valence-electron chi connectivity index (χ3n) is 3.09. The van der Waals surface area contributed by atoms with Gasteiger partial charge in [-0.05, 0) is 57.1 Å². The van der Waals surface area contributed by atoms with Gasteiger partial charge in [0, 0.05) is 13.6 Å². The van der Waals surface area contributed by atoms with E-state index < -0.39 is 10.0 Å². The second-order valence-corrected chi connectivity index (χ2v) is 6.57. The maximum Gasteiger partial charge on any atom is 0.242 e. The number of hydrogen-bond donors (Lipinski definition) is 1. The highest BCUT2D eigenvalue weighted by Gasteiger charge is 2.20. The van der Waals surface area contributed by atoms with Crippen molar-refractivity contribution >= 4 is 10.0 Å². The highest BCUT2D eigenvalue weighted by Crippen LogP contribution is 2.18. The molecule has 0 amide bonds. The first kappa shape index (κ1) is 15.1. The molecule has 0 fully saturated rings. The van der Waals surface area contributed by atoms with Crippen molar-refractivity contribution in [3.63, 3.8) is 0 Å². The average Bonchev–Trinajstić information content (AvgIpc) is 2.32. The minimum Gasteiger partial charge on any atom is -0.320 e. The molecule has 0 radical (unpaired) electrons. The molecule has 1 N–H and O–H groups in total. The van der Waals surface area contributed by atoms with E-state index in [1.165, 1.54) is 4.31 Å². The monoisotopic (exact) mass is 270 g/mol. The Bertz CT molecular complexity index is 498. The summed E-state index contributed by atoms with van der Waals surface area (Å²) in [4.78, 5) is 0.373. The van der Waals surface area contributed by atoms with Gasteiger partial charge in [-0.25, -0.2) is 12.7 Å². The van der Waals surface area contributed by atoms with Crippen LogP contribution in [0, 0.1) is 13.8 Å². The van der Waals surface area contributed by atoms with Crippen LogP contribution >= 0.6 is 0 Å². The molecule has 1 rings (SSSR count). The van der Waals surface area contributed by atoms with Crippen molar-refractivity contribution in [1.29, 1.82) is 0 Å². The zero-order valence-corrected chi connectivity index (χ0v) is 12.3. The largest absolute Gasteiger partial charge is 0.320 e. The van der Waals surface area contributed by atoms with Crippen LogP contribution in [0.1, 0.15) is 17.5 Å². The van der Waals surface area contributed by atoms with Crippen LogP contribution in [-0.2, 0) is 10.0 Å². The molecule has 0 unspecified atom stereocenters. The van der Waals surface area contributed by atoms with Crippen LogP contribution in [0.3, 0.4) is 0 Å². The van der Waals surface area contributed by atoms with Crippen LogP contribution in [0.5, 0.6) is 0 Å². The first-order chi connectivity index (χ1) is 8.39. The molecule has 0 aromatic heterocycles. The molecule has 102 valence electrons. The van der Waals surface area contributed by atoms with E-state index in [2.05, 4.69) is 5.32 Å². The predicted octanol–water partition coefficient (Wildman–Crippen LogP) is 1.53. The predicted molar refractivity (Wildman–Crippen MR) is 74.3 cm³/mol. The Morgan fingerprint density at radius 3 is 2.44 bits per heavy atom. The molecule has 5 heteroatoms. The summed E-state index contributed by atoms with van der Waals surface area (Å²) in [6, 6.07) is 5.26. The van der Waals surface area contributed by atoms with E-state index in [9.17, 15) is 8.42 Å². The van der Waals surface area contributed by atoms with Gasteiger partial charge in [-0.3, -0.25) is 0 Å². The molecule has 0 atom stereocenters. The standard InChI is InChI=1S/C13H22N2O2S/c1-11-6-7-13(10-12(11)2)18(16,17)15(4)9-5-8-14-3/h6-7,10,14H,5,8-9H2,1-4H3. The molecule has 0 saturated carbocycles. The van der Waals surface area contributed by atoms with E-state index in [-0.39, 0.29) is 0 Å². The molecular formula is C13H22N2O2S. The molecule has 0 saturated heterocycles. The Labute approximate surface area is 110 Å². The number of benzene rings is 1. The minimum atomic E-state index is -3.35. The van der Waals surface area contributed by atoms with E-state index in [1.807, 2.05) is 27.0 Å². The number of nitrogens with one attached hydrogen (secondary N) is 1. The van der Waals surface area contributed by atoms with E-state index in [0.717, 1.165) is 24.1 Å². The molecule has 0 heterocycles. The molecule has 18 heavy (non-hydrogen) atoms. The van der Waals surface area contributed by atoms with Crippen molar-refractivity contribution in [1.82, 2.24) is 9.62 Å². The number of sulfonamides is 1. The quantitative estimate of drug-likeness (QED) is 0.798. The minimum absolute atomic E-state index is 0.373. The summed E-state index contributed by atoms with van der Waals surface area (Å²) in [7, 11) is 0.131. The molecular weight excluding hydrogens is 248 g/mol. The maximum absolute atomic E-state index is 12.3. The Morgan fingerprint density at radius 2 is 1.89 bits per heavy atom. The molecule has 0 aliphatic carbocycles. The molecule has 1 aromatic carbocycles. The summed E-state index contributed by atoms with van der Waals surface area (Å²) >= 11 is 0. The fraction of sp³-hybridized carbons (Fsp3) is 0.538. The van der Waals surface area contributed by atoms with Crippen molar-refractivity contribution in [3.8, 4) is 0 Å². The smallest absolute Gasteiger partial charge is 0.242 e. The molecule has 0 spiro atoms. The van der Waals surface area contributed by atoms with E-state index in [0.29, 0.717) is 11.4 Å². The Morgan fingerprint density at radius 1 is 1.22 bits per heavy atom. The van der Waals surface area contributed by atoms with E-state index >= 15 is 0 Å². The number of nitrogens with zero attached hydrogens (tertiary/aromatic N) is 1. The highest BCUT2D eigenvalue weighted by molar-refractivity contribution is 7.89. The molecule has 4 nitrogen and oxygen atoms in total. The fourth-order valence-corrected chi connectivity index (χ4v) is 2.95. The number of aryl methyl sites for hydroxylation is 2. The first-order valence-electron chi connectivity index (χ1n) is 6.08. The zero-order valence-electron chi connectivity index (χ0n) is 11.5. The third-order valence-corrected chi connectivity index (χ3v) is 4.94. The van der Waals surface area contributed by atoms with Gasteiger partial charge in [0.2, 0.25) is 10.0 Å². The molecule has 1 aromatic rings. The normalized spacial score (nSPS) is 12.1. The third kappa shape index (κ3) is 3.54. The topological polar surface area (TPSA) is 49.4 Å². The average molecular weight is 270 g/mol. The Balaban J connectivity index is 2.88. The van der Waals surface area contributed by atoms with Gasteiger partial charge in [-0.2, -0.15) is 0 Å². The van der Waals surface area contributed by atoms with Crippen molar-refractivity contribution in [3.05, 3.63) is 29.3 Å². The van der Waals surface area contributed by atoms with Crippen LogP contribution < -0.4 is 5.32 Å². The van der Waals surface area contributed by atoms with Gasteiger partial charge in [-0.1, -0.05) is 6.07 Å². The van der Waals surface area contributed by atoms with Crippen LogP contribution in [0.15, 0.2) is 23.1 Å². The lowest BCUT2D eigenvalue weighted by Gasteiger charge is -2.17. The molecule has 0 aliphatic rings. The summed E-state index contributed by atoms with van der Waals surface area (Å²) < 4.78 is 26.0. The van der Waals surface area contributed by atoms with Crippen LogP contribution in [0.25, 0.3) is 0 Å². The van der Waals surface area contributed by atoms with Gasteiger partial charge in [-0.15, -0.1) is 0 Å². The lowest BCUT2D eigenvalue weighted by Crippen LogP contribution is -2.29. The second-order valence-electron chi connectivity index (χ2n) is 4.53. The lowest BCUT2D eigenvalue weighted by molar-refractivity contribution is 0.458. The zero-order chi connectivity index (χ0) is 13.8. The Kier molecular flexibility index (Phi) is 5.31. The summed E-state index contributed by atoms with van der Waals surface area (Å²) in [6.07, 6.45) is 0.803. The summed E-state index contributed by atoms with van der Waals surface area (Å²) in [5.74, 6) is 0. The first-order valence-corrected chi connectivity index (χ1v) is 7.52. The lowest BCUT2D eigenvalue weighted by atomic mass is 10.1. The van der Waals surface area contributed by atoms with Crippen molar-refractivity contribution in [2.45, 2.75) is 25.2 Å². The van der Waals surface area contributed by atoms with Gasteiger partial charge >= 0.3 is 0 Å². The summed E-state index contributed by atoms with van der Waals surface area (Å²) in [5, 5.41) is 3.01. The number of hydrogen-bond acceptors (Lipinski definition) is 3. The SMILES string of the molecule is CNCCCN(C)S(=O)(=O)c1ccc(C)c(C)c1. The van der Waals surface area contributed by atoms with Gasteiger partial charge in [0.25, 0.3) is 0 Å². The second kappa shape index (κ2) is 6.31. The van der Waals surface area contributed by atoms with Crippen molar-refractivity contribution < 1.29 is 8.42 Å². The molecule has 0 aliphatic heterocycles. The number of rotatable bonds is 6. The van der Waals surface area contributed by atoms with Crippen LogP contribution in [-0.4, -0.2) is 39.9 Å². The van der Waals surface area contributed by atoms with Crippen molar-refractivity contribution in [2.24, 2.45) is 0 Å².